The molecule has 86 valence electrons. The predicted molar refractivity (Wildman–Crippen MR) is 81.5 cm³/mol. The van der Waals surface area contributed by atoms with Crippen LogP contribution in [0, 0.1) is 0 Å². The van der Waals surface area contributed by atoms with Crippen LogP contribution in [0.1, 0.15) is 0 Å². The van der Waals surface area contributed by atoms with Crippen molar-refractivity contribution < 1.29 is 4.57 Å². The molecule has 0 spiro atoms. The Morgan fingerprint density at radius 1 is 0.882 bits per heavy atom. The second kappa shape index (κ2) is 5.49. The summed E-state index contributed by atoms with van der Waals surface area (Å²) in [4.78, 5) is 2.08. The molecular formula is C12H10OPS3+. The first-order valence-corrected chi connectivity index (χ1v) is 7.47. The molecule has 0 aliphatic heterocycles. The van der Waals surface area contributed by atoms with Crippen molar-refractivity contribution in [3.63, 3.8) is 0 Å². The van der Waals surface area contributed by atoms with Crippen LogP contribution >= 0.6 is 45.7 Å². The number of thiol groups is 3. The lowest BCUT2D eigenvalue weighted by Crippen LogP contribution is -2.10. The zero-order valence-corrected chi connectivity index (χ0v) is 12.3. The molecule has 0 bridgehead atoms. The number of benzene rings is 2. The molecule has 0 aromatic heterocycles. The van der Waals surface area contributed by atoms with Crippen molar-refractivity contribution in [2.24, 2.45) is 0 Å². The van der Waals surface area contributed by atoms with Gasteiger partial charge in [-0.1, -0.05) is 22.8 Å². The summed E-state index contributed by atoms with van der Waals surface area (Å²) in [6, 6.07) is 12.9. The lowest BCUT2D eigenvalue weighted by atomic mass is 10.3. The van der Waals surface area contributed by atoms with Crippen LogP contribution in [0.15, 0.2) is 57.2 Å². The normalized spacial score (nSPS) is 11.4. The van der Waals surface area contributed by atoms with E-state index in [2.05, 4.69) is 37.9 Å². The van der Waals surface area contributed by atoms with Gasteiger partial charge in [0.05, 0.1) is 9.79 Å². The van der Waals surface area contributed by atoms with Crippen LogP contribution < -0.4 is 10.6 Å². The highest BCUT2D eigenvalue weighted by Gasteiger charge is 2.28. The van der Waals surface area contributed by atoms with Crippen LogP contribution in [0.25, 0.3) is 0 Å². The SMILES string of the molecule is O=[P+](c1ccccc1)c1c(S)cc(S)cc1S. The van der Waals surface area contributed by atoms with Crippen LogP contribution in [0.5, 0.6) is 0 Å². The highest BCUT2D eigenvalue weighted by Crippen LogP contribution is 2.29. The second-order valence-corrected chi connectivity index (χ2v) is 6.49. The fourth-order valence-electron chi connectivity index (χ4n) is 1.49. The maximum atomic E-state index is 12.4. The van der Waals surface area contributed by atoms with Gasteiger partial charge < -0.3 is 0 Å². The average Bonchev–Trinajstić information content (AvgIpc) is 2.28. The van der Waals surface area contributed by atoms with Crippen LogP contribution in [0.4, 0.5) is 0 Å². The topological polar surface area (TPSA) is 17.1 Å². The average molecular weight is 297 g/mol. The second-order valence-electron chi connectivity index (χ2n) is 3.46. The Morgan fingerprint density at radius 3 is 1.94 bits per heavy atom. The van der Waals surface area contributed by atoms with Gasteiger partial charge in [-0.05, 0) is 24.3 Å². The molecule has 0 heterocycles. The van der Waals surface area contributed by atoms with Crippen LogP contribution in [-0.2, 0) is 4.57 Å². The Bertz CT molecular complexity index is 546. The molecule has 1 atom stereocenters. The molecule has 0 fully saturated rings. The lowest BCUT2D eigenvalue weighted by molar-refractivity contribution is 0.597. The van der Waals surface area contributed by atoms with Gasteiger partial charge in [-0.2, -0.15) is 0 Å². The van der Waals surface area contributed by atoms with E-state index >= 15 is 0 Å². The van der Waals surface area contributed by atoms with Gasteiger partial charge in [-0.25, -0.2) is 0 Å². The minimum atomic E-state index is -1.66. The first-order chi connectivity index (χ1) is 8.09. The Morgan fingerprint density at radius 2 is 1.41 bits per heavy atom. The summed E-state index contributed by atoms with van der Waals surface area (Å²) in [5.74, 6) is 0. The van der Waals surface area contributed by atoms with Gasteiger partial charge in [0.25, 0.3) is 0 Å². The Labute approximate surface area is 118 Å². The smallest absolute Gasteiger partial charge is 0.143 e. The molecule has 2 aromatic rings. The third-order valence-corrected chi connectivity index (χ3v) is 5.22. The Kier molecular flexibility index (Phi) is 4.21. The van der Waals surface area contributed by atoms with E-state index in [-0.39, 0.29) is 0 Å². The van der Waals surface area contributed by atoms with Crippen LogP contribution in [-0.4, -0.2) is 0 Å². The number of hydrogen-bond acceptors (Lipinski definition) is 4. The number of rotatable bonds is 2. The van der Waals surface area contributed by atoms with Crippen LogP contribution in [0.3, 0.4) is 0 Å². The molecule has 0 radical (unpaired) electrons. The quantitative estimate of drug-likeness (QED) is 0.572. The van der Waals surface area contributed by atoms with Gasteiger partial charge >= 0.3 is 7.80 Å². The Hall–Kier alpha value is -0.410. The summed E-state index contributed by atoms with van der Waals surface area (Å²) in [5, 5.41) is 1.44. The third-order valence-electron chi connectivity index (χ3n) is 2.25. The fourth-order valence-corrected chi connectivity index (χ4v) is 4.35. The van der Waals surface area contributed by atoms with E-state index in [0.29, 0.717) is 15.1 Å². The van der Waals surface area contributed by atoms with E-state index in [1.165, 1.54) is 0 Å². The zero-order chi connectivity index (χ0) is 12.4. The summed E-state index contributed by atoms with van der Waals surface area (Å²) >= 11 is 12.9. The zero-order valence-electron chi connectivity index (χ0n) is 8.74. The monoisotopic (exact) mass is 297 g/mol. The van der Waals surface area contributed by atoms with E-state index in [1.54, 1.807) is 12.1 Å². The minimum Gasteiger partial charge on any atom is -0.143 e. The molecule has 2 rings (SSSR count). The Balaban J connectivity index is 2.52. The van der Waals surface area contributed by atoms with Gasteiger partial charge in [0, 0.05) is 4.90 Å². The molecule has 0 aliphatic rings. The predicted octanol–water partition coefficient (Wildman–Crippen LogP) is 3.33. The molecule has 5 heteroatoms. The summed E-state index contributed by atoms with van der Waals surface area (Å²) in [7, 11) is -1.66. The van der Waals surface area contributed by atoms with Gasteiger partial charge in [-0.3, -0.25) is 0 Å². The van der Waals surface area contributed by atoms with Crippen LogP contribution in [0.2, 0.25) is 0 Å². The van der Waals surface area contributed by atoms with Crippen molar-refractivity contribution in [3.05, 3.63) is 42.5 Å². The molecule has 0 saturated heterocycles. The van der Waals surface area contributed by atoms with Crippen molar-refractivity contribution in [1.29, 1.82) is 0 Å². The van der Waals surface area contributed by atoms with Gasteiger partial charge in [-0.15, -0.1) is 37.9 Å². The van der Waals surface area contributed by atoms with E-state index in [0.717, 1.165) is 10.2 Å². The largest absolute Gasteiger partial charge is 0.417 e. The van der Waals surface area contributed by atoms with E-state index < -0.39 is 7.80 Å². The molecule has 1 nitrogen and oxygen atoms in total. The van der Waals surface area contributed by atoms with Crippen molar-refractivity contribution >= 4 is 56.3 Å². The summed E-state index contributed by atoms with van der Waals surface area (Å²) < 4.78 is 12.4. The van der Waals surface area contributed by atoms with E-state index in [1.807, 2.05) is 30.3 Å². The highest BCUT2D eigenvalue weighted by molar-refractivity contribution is 7.83. The highest BCUT2D eigenvalue weighted by atomic mass is 32.1. The van der Waals surface area contributed by atoms with Crippen molar-refractivity contribution in [1.82, 2.24) is 0 Å². The summed E-state index contributed by atoms with van der Waals surface area (Å²) in [5.41, 5.74) is 0. The summed E-state index contributed by atoms with van der Waals surface area (Å²) in [6.45, 7) is 0. The molecular weight excluding hydrogens is 287 g/mol. The van der Waals surface area contributed by atoms with Gasteiger partial charge in [0.2, 0.25) is 5.30 Å². The maximum Gasteiger partial charge on any atom is 0.417 e. The molecule has 0 N–H and O–H groups in total. The number of hydrogen-bond donors (Lipinski definition) is 3. The van der Waals surface area contributed by atoms with Crippen molar-refractivity contribution in [3.8, 4) is 0 Å². The van der Waals surface area contributed by atoms with Crippen molar-refractivity contribution in [2.45, 2.75) is 14.7 Å². The molecule has 0 saturated carbocycles. The standard InChI is InChI=1S/C12H9OPS3/c13-14(8-4-2-1-3-5-8)12-10(16)6-9(15)7-11(12)17/h1-7H,(H2-,13,15,16,17)/p+1. The third kappa shape index (κ3) is 2.89. The molecule has 17 heavy (non-hydrogen) atoms. The molecule has 0 aliphatic carbocycles. The minimum absolute atomic E-state index is 0.660. The molecule has 1 unspecified atom stereocenters. The first kappa shape index (κ1) is 13.0. The lowest BCUT2D eigenvalue weighted by Gasteiger charge is -2.00. The molecule has 0 amide bonds. The fraction of sp³-hybridized carbons (Fsp3) is 0. The van der Waals surface area contributed by atoms with Gasteiger partial charge in [0.15, 0.2) is 5.30 Å². The first-order valence-electron chi connectivity index (χ1n) is 4.87. The van der Waals surface area contributed by atoms with E-state index in [9.17, 15) is 4.57 Å². The summed E-state index contributed by atoms with van der Waals surface area (Å²) in [6.07, 6.45) is 0. The molecule has 2 aromatic carbocycles. The van der Waals surface area contributed by atoms with Gasteiger partial charge in [0.1, 0.15) is 0 Å². The van der Waals surface area contributed by atoms with E-state index in [4.69, 9.17) is 0 Å². The maximum absolute atomic E-state index is 12.4. The van der Waals surface area contributed by atoms with Crippen molar-refractivity contribution in [2.75, 3.05) is 0 Å².